The molecule has 9 heavy (non-hydrogen) atoms. The Morgan fingerprint density at radius 2 is 2.11 bits per heavy atom. The van der Waals surface area contributed by atoms with E-state index in [0.717, 1.165) is 0 Å². The fraction of sp³-hybridized carbons (Fsp3) is 0. The molecule has 0 spiro atoms. The summed E-state index contributed by atoms with van der Waals surface area (Å²) in [6.45, 7) is 0. The summed E-state index contributed by atoms with van der Waals surface area (Å²) in [5.41, 5.74) is -1.04. The zero-order chi connectivity index (χ0) is 6.85. The largest absolute Gasteiger partial charge is 0.342 e. The second kappa shape index (κ2) is 2.29. The Morgan fingerprint density at radius 3 is 2.56 bits per heavy atom. The van der Waals surface area contributed by atoms with E-state index in [1.165, 1.54) is 0 Å². The standard InChI is InChI=1S/C3H2IN3O2/c4-1-2(8)5-3(9)7-6-1/h(H2,5,7,8,9). The number of H-pyrrole nitrogens is 2. The Morgan fingerprint density at radius 1 is 1.44 bits per heavy atom. The van der Waals surface area contributed by atoms with E-state index in [2.05, 4.69) is 10.2 Å². The van der Waals surface area contributed by atoms with Crippen LogP contribution in [0.5, 0.6) is 0 Å². The number of hydrogen-bond donors (Lipinski definition) is 2. The molecule has 1 aromatic heterocycles. The fourth-order valence-electron chi connectivity index (χ4n) is 0.333. The van der Waals surface area contributed by atoms with E-state index >= 15 is 0 Å². The Hall–Kier alpha value is -0.660. The minimum atomic E-state index is -0.583. The van der Waals surface area contributed by atoms with Crippen molar-refractivity contribution >= 4 is 22.6 Å². The van der Waals surface area contributed by atoms with Crippen molar-refractivity contribution in [2.45, 2.75) is 0 Å². The van der Waals surface area contributed by atoms with E-state index in [1.54, 1.807) is 22.6 Å². The fourth-order valence-corrected chi connectivity index (χ4v) is 0.589. The lowest BCUT2D eigenvalue weighted by Crippen LogP contribution is -2.25. The highest BCUT2D eigenvalue weighted by molar-refractivity contribution is 14.1. The van der Waals surface area contributed by atoms with Gasteiger partial charge in [-0.15, -0.1) is 0 Å². The number of hydrogen-bond acceptors (Lipinski definition) is 3. The molecule has 0 saturated heterocycles. The lowest BCUT2D eigenvalue weighted by molar-refractivity contribution is 0.866. The molecule has 0 radical (unpaired) electrons. The van der Waals surface area contributed by atoms with Crippen molar-refractivity contribution in [3.63, 3.8) is 0 Å². The molecule has 0 unspecified atom stereocenters. The molecule has 1 rings (SSSR count). The number of halogens is 1. The predicted molar refractivity (Wildman–Crippen MR) is 38.2 cm³/mol. The van der Waals surface area contributed by atoms with Gasteiger partial charge in [-0.3, -0.25) is 9.78 Å². The monoisotopic (exact) mass is 239 g/mol. The van der Waals surface area contributed by atoms with Crippen molar-refractivity contribution in [1.82, 2.24) is 15.2 Å². The summed E-state index contributed by atoms with van der Waals surface area (Å²) >= 11 is 1.72. The van der Waals surface area contributed by atoms with Crippen molar-refractivity contribution in [1.29, 1.82) is 0 Å². The number of nitrogens with zero attached hydrogens (tertiary/aromatic N) is 1. The third-order valence-corrected chi connectivity index (χ3v) is 1.40. The second-order valence-electron chi connectivity index (χ2n) is 1.30. The van der Waals surface area contributed by atoms with Crippen LogP contribution in [0.3, 0.4) is 0 Å². The first kappa shape index (κ1) is 6.46. The van der Waals surface area contributed by atoms with Gasteiger partial charge in [0, 0.05) is 0 Å². The van der Waals surface area contributed by atoms with Crippen LogP contribution in [0.25, 0.3) is 0 Å². The molecule has 1 aromatic rings. The molecular weight excluding hydrogens is 237 g/mol. The van der Waals surface area contributed by atoms with Gasteiger partial charge in [-0.05, 0) is 22.6 Å². The maximum absolute atomic E-state index is 10.5. The Kier molecular flexibility index (Phi) is 1.65. The second-order valence-corrected chi connectivity index (χ2v) is 2.32. The molecule has 6 heteroatoms. The molecule has 2 N–H and O–H groups in total. The van der Waals surface area contributed by atoms with Gasteiger partial charge in [-0.1, -0.05) is 0 Å². The Bertz CT molecular complexity index is 313. The highest BCUT2D eigenvalue weighted by Gasteiger charge is 1.92. The lowest BCUT2D eigenvalue weighted by atomic mass is 10.9. The maximum Gasteiger partial charge on any atom is 0.342 e. The van der Waals surface area contributed by atoms with Crippen LogP contribution in [0.1, 0.15) is 0 Å². The molecule has 0 saturated carbocycles. The van der Waals surface area contributed by atoms with Crippen molar-refractivity contribution in [2.75, 3.05) is 0 Å². The van der Waals surface area contributed by atoms with Crippen LogP contribution in [0.4, 0.5) is 0 Å². The zero-order valence-corrected chi connectivity index (χ0v) is 6.30. The van der Waals surface area contributed by atoms with Crippen LogP contribution in [-0.4, -0.2) is 15.2 Å². The molecule has 0 bridgehead atoms. The van der Waals surface area contributed by atoms with E-state index < -0.39 is 11.2 Å². The van der Waals surface area contributed by atoms with Gasteiger partial charge in [0.1, 0.15) is 0 Å². The van der Waals surface area contributed by atoms with Crippen LogP contribution in [-0.2, 0) is 0 Å². The molecule has 0 atom stereocenters. The van der Waals surface area contributed by atoms with Crippen LogP contribution >= 0.6 is 22.6 Å². The Labute approximate surface area is 62.6 Å². The topological polar surface area (TPSA) is 78.6 Å². The van der Waals surface area contributed by atoms with E-state index in [1.807, 2.05) is 4.98 Å². The summed E-state index contributed by atoms with van der Waals surface area (Å²) < 4.78 is 0.229. The normalized spacial score (nSPS) is 9.44. The third kappa shape index (κ3) is 1.37. The molecular formula is C3H2IN3O2. The highest BCUT2D eigenvalue weighted by Crippen LogP contribution is 1.82. The van der Waals surface area contributed by atoms with Crippen molar-refractivity contribution in [3.05, 3.63) is 24.5 Å². The highest BCUT2D eigenvalue weighted by atomic mass is 127. The van der Waals surface area contributed by atoms with Gasteiger partial charge in [0.25, 0.3) is 5.56 Å². The summed E-state index contributed by atoms with van der Waals surface area (Å²) in [5, 5.41) is 5.46. The van der Waals surface area contributed by atoms with Gasteiger partial charge < -0.3 is 0 Å². The SMILES string of the molecule is O=c1[nH]nc(I)c(=O)[nH]1. The van der Waals surface area contributed by atoms with Gasteiger partial charge >= 0.3 is 5.69 Å². The minimum absolute atomic E-state index is 0.229. The van der Waals surface area contributed by atoms with Crippen LogP contribution in [0.15, 0.2) is 9.59 Å². The lowest BCUT2D eigenvalue weighted by Gasteiger charge is -1.81. The van der Waals surface area contributed by atoms with Crippen LogP contribution in [0.2, 0.25) is 0 Å². The minimum Gasteiger partial charge on any atom is -0.271 e. The average molecular weight is 239 g/mol. The summed E-state index contributed by atoms with van der Waals surface area (Å²) in [7, 11) is 0. The maximum atomic E-state index is 10.5. The first-order chi connectivity index (χ1) is 4.20. The van der Waals surface area contributed by atoms with Crippen LogP contribution < -0.4 is 11.2 Å². The van der Waals surface area contributed by atoms with Crippen molar-refractivity contribution in [3.8, 4) is 0 Å². The van der Waals surface area contributed by atoms with E-state index in [9.17, 15) is 9.59 Å². The molecule has 0 aliphatic rings. The summed E-state index contributed by atoms with van der Waals surface area (Å²) in [6.07, 6.45) is 0. The van der Waals surface area contributed by atoms with Gasteiger partial charge in [0.2, 0.25) is 0 Å². The molecule has 5 nitrogen and oxygen atoms in total. The number of aromatic amines is 2. The molecule has 0 aliphatic heterocycles. The van der Waals surface area contributed by atoms with Gasteiger partial charge in [-0.25, -0.2) is 9.89 Å². The van der Waals surface area contributed by atoms with Gasteiger partial charge in [-0.2, -0.15) is 5.10 Å². The van der Waals surface area contributed by atoms with Gasteiger partial charge in [0.15, 0.2) is 3.70 Å². The van der Waals surface area contributed by atoms with Gasteiger partial charge in [0.05, 0.1) is 0 Å². The first-order valence-electron chi connectivity index (χ1n) is 2.04. The van der Waals surface area contributed by atoms with Crippen LogP contribution in [0, 0.1) is 3.70 Å². The van der Waals surface area contributed by atoms with Crippen molar-refractivity contribution < 1.29 is 0 Å². The smallest absolute Gasteiger partial charge is 0.271 e. The van der Waals surface area contributed by atoms with Crippen molar-refractivity contribution in [2.24, 2.45) is 0 Å². The summed E-state index contributed by atoms with van der Waals surface area (Å²) in [6, 6.07) is 0. The third-order valence-electron chi connectivity index (χ3n) is 0.670. The summed E-state index contributed by atoms with van der Waals surface area (Å²) in [4.78, 5) is 22.8. The van der Waals surface area contributed by atoms with E-state index in [-0.39, 0.29) is 3.70 Å². The molecule has 1 heterocycles. The quantitative estimate of drug-likeness (QED) is 0.573. The summed E-state index contributed by atoms with van der Waals surface area (Å²) in [5.74, 6) is 0. The molecule has 0 aromatic carbocycles. The van der Waals surface area contributed by atoms with E-state index in [0.29, 0.717) is 0 Å². The predicted octanol–water partition coefficient (Wildman–Crippen LogP) is -0.937. The molecule has 0 fully saturated rings. The molecule has 0 aliphatic carbocycles. The first-order valence-corrected chi connectivity index (χ1v) is 3.12. The Balaban J connectivity index is 3.52. The number of rotatable bonds is 0. The molecule has 0 amide bonds. The number of nitrogens with one attached hydrogen (secondary N) is 2. The number of aromatic nitrogens is 3. The van der Waals surface area contributed by atoms with E-state index in [4.69, 9.17) is 0 Å². The zero-order valence-electron chi connectivity index (χ0n) is 4.14. The average Bonchev–Trinajstić information content (AvgIpc) is 1.80. The molecule has 48 valence electrons.